The number of allylic oxidation sites excluding steroid dienone is 3. The van der Waals surface area contributed by atoms with Crippen LogP contribution in [0.25, 0.3) is 0 Å². The summed E-state index contributed by atoms with van der Waals surface area (Å²) in [6.45, 7) is 5.60. The van der Waals surface area contributed by atoms with E-state index in [0.29, 0.717) is 28.9 Å². The maximum atomic E-state index is 12.7. The van der Waals surface area contributed by atoms with Crippen LogP contribution in [-0.4, -0.2) is 46.9 Å². The van der Waals surface area contributed by atoms with Crippen LogP contribution in [0.5, 0.6) is 5.75 Å². The van der Waals surface area contributed by atoms with Crippen LogP contribution >= 0.6 is 0 Å². The molecule has 3 rings (SSSR count). The number of carboxylic acids is 2. The molecule has 2 aromatic rings. The van der Waals surface area contributed by atoms with Gasteiger partial charge in [0.25, 0.3) is 0 Å². The predicted octanol–water partition coefficient (Wildman–Crippen LogP) is 5.08. The molecule has 37 heavy (non-hydrogen) atoms. The molecule has 0 bridgehead atoms. The second-order valence-electron chi connectivity index (χ2n) is 9.46. The van der Waals surface area contributed by atoms with Gasteiger partial charge in [-0.05, 0) is 66.3 Å². The zero-order valence-corrected chi connectivity index (χ0v) is 21.9. The van der Waals surface area contributed by atoms with Gasteiger partial charge in [0, 0.05) is 43.9 Å². The summed E-state index contributed by atoms with van der Waals surface area (Å²) in [5.41, 5.74) is 2.57. The van der Waals surface area contributed by atoms with Crippen molar-refractivity contribution in [2.75, 3.05) is 14.1 Å². The summed E-state index contributed by atoms with van der Waals surface area (Å²) in [5.74, 6) is -1.78. The van der Waals surface area contributed by atoms with Gasteiger partial charge in [0.2, 0.25) is 0 Å². The molecule has 1 unspecified atom stereocenters. The summed E-state index contributed by atoms with van der Waals surface area (Å²) in [7, 11) is 3.68. The first kappa shape index (κ1) is 27.5. The molecule has 0 saturated carbocycles. The number of hydrogen-bond acceptors (Lipinski definition) is 5. The fraction of sp³-hybridized carbons (Fsp3) is 0.300. The Balaban J connectivity index is 1.98. The van der Waals surface area contributed by atoms with E-state index in [0.717, 1.165) is 16.7 Å². The van der Waals surface area contributed by atoms with Crippen molar-refractivity contribution < 1.29 is 29.3 Å². The number of ether oxygens (including phenoxy) is 1. The van der Waals surface area contributed by atoms with Gasteiger partial charge >= 0.3 is 11.9 Å². The summed E-state index contributed by atoms with van der Waals surface area (Å²) < 4.78 is 6.17. The minimum Gasteiger partial charge on any atom is -0.489 e. The molecule has 0 heterocycles. The summed E-state index contributed by atoms with van der Waals surface area (Å²) in [6, 6.07) is 10.7. The Hall–Kier alpha value is -4.13. The largest absolute Gasteiger partial charge is 0.489 e. The quantitative estimate of drug-likeness (QED) is 0.344. The molecule has 0 radical (unpaired) electrons. The van der Waals surface area contributed by atoms with Gasteiger partial charge in [-0.2, -0.15) is 0 Å². The highest BCUT2D eigenvalue weighted by atomic mass is 16.5. The van der Waals surface area contributed by atoms with Crippen molar-refractivity contribution >= 4 is 17.7 Å². The molecule has 1 aliphatic carbocycles. The summed E-state index contributed by atoms with van der Waals surface area (Å²) in [4.78, 5) is 38.8. The van der Waals surface area contributed by atoms with Crippen molar-refractivity contribution in [2.45, 2.75) is 45.6 Å². The standard InChI is InChI=1S/C30H33NO6/c1-6-21-8-7-9-25(30(29(35)36)14-12-19(2)23(17-30)28(33)34)24(21)18-37-27-11-10-22(16-20(27)3)26(32)13-15-31(4)5/h7-16H,6,17-18H2,1-5H3,(H,33,34)(H,35,36). The number of carboxylic acid groups (broad SMARTS) is 2. The molecule has 2 N–H and O–H groups in total. The number of hydrogen-bond donors (Lipinski definition) is 2. The molecule has 0 saturated heterocycles. The van der Waals surface area contributed by atoms with Crippen LogP contribution in [0.3, 0.4) is 0 Å². The molecule has 7 heteroatoms. The topological polar surface area (TPSA) is 104 Å². The molecule has 0 spiro atoms. The van der Waals surface area contributed by atoms with Crippen LogP contribution in [0.2, 0.25) is 0 Å². The van der Waals surface area contributed by atoms with Crippen molar-refractivity contribution in [2.24, 2.45) is 0 Å². The van der Waals surface area contributed by atoms with Crippen LogP contribution in [-0.2, 0) is 28.0 Å². The molecule has 1 aliphatic rings. The number of nitrogens with zero attached hydrogens (tertiary/aromatic N) is 1. The van der Waals surface area contributed by atoms with Crippen molar-refractivity contribution in [1.29, 1.82) is 0 Å². The molecule has 0 aromatic heterocycles. The van der Waals surface area contributed by atoms with Gasteiger partial charge in [-0.15, -0.1) is 0 Å². The van der Waals surface area contributed by atoms with Gasteiger partial charge in [-0.1, -0.05) is 37.3 Å². The SMILES string of the molecule is CCc1cccc(C2(C(=O)O)C=CC(C)=C(C(=O)O)C2)c1COc1ccc(C(=O)C=CN(C)C)cc1C. The second kappa shape index (κ2) is 11.3. The van der Waals surface area contributed by atoms with Crippen LogP contribution in [0.15, 0.2) is 72.0 Å². The number of rotatable bonds is 10. The first-order chi connectivity index (χ1) is 17.5. The van der Waals surface area contributed by atoms with Crippen molar-refractivity contribution in [3.63, 3.8) is 0 Å². The molecule has 194 valence electrons. The van der Waals surface area contributed by atoms with E-state index in [9.17, 15) is 24.6 Å². The van der Waals surface area contributed by atoms with E-state index < -0.39 is 17.4 Å². The van der Waals surface area contributed by atoms with Gasteiger partial charge in [0.05, 0.1) is 0 Å². The fourth-order valence-corrected chi connectivity index (χ4v) is 4.52. The van der Waals surface area contributed by atoms with E-state index in [1.54, 1.807) is 60.5 Å². The lowest BCUT2D eigenvalue weighted by Gasteiger charge is -2.33. The maximum Gasteiger partial charge on any atom is 0.331 e. The molecule has 0 amide bonds. The second-order valence-corrected chi connectivity index (χ2v) is 9.46. The average molecular weight is 504 g/mol. The van der Waals surface area contributed by atoms with E-state index in [1.165, 1.54) is 6.08 Å². The predicted molar refractivity (Wildman–Crippen MR) is 142 cm³/mol. The maximum absolute atomic E-state index is 12.7. The highest BCUT2D eigenvalue weighted by molar-refractivity contribution is 6.04. The van der Waals surface area contributed by atoms with E-state index in [4.69, 9.17) is 4.74 Å². The van der Waals surface area contributed by atoms with Crippen molar-refractivity contribution in [3.8, 4) is 5.75 Å². The average Bonchev–Trinajstić information content (AvgIpc) is 2.86. The van der Waals surface area contributed by atoms with Crippen LogP contribution < -0.4 is 4.74 Å². The summed E-state index contributed by atoms with van der Waals surface area (Å²) in [5, 5.41) is 20.1. The Kier molecular flexibility index (Phi) is 8.38. The van der Waals surface area contributed by atoms with Gasteiger partial charge in [0.1, 0.15) is 17.8 Å². The van der Waals surface area contributed by atoms with Gasteiger partial charge in [-0.3, -0.25) is 9.59 Å². The summed E-state index contributed by atoms with van der Waals surface area (Å²) >= 11 is 0. The number of ketones is 1. The first-order valence-electron chi connectivity index (χ1n) is 12.1. The van der Waals surface area contributed by atoms with Gasteiger partial charge < -0.3 is 19.8 Å². The third-order valence-electron chi connectivity index (χ3n) is 6.68. The molecule has 0 fully saturated rings. The lowest BCUT2D eigenvalue weighted by atomic mass is 9.69. The Morgan fingerprint density at radius 3 is 2.43 bits per heavy atom. The minimum atomic E-state index is -1.53. The molecule has 7 nitrogen and oxygen atoms in total. The van der Waals surface area contributed by atoms with E-state index in [-0.39, 0.29) is 24.4 Å². The van der Waals surface area contributed by atoms with Gasteiger partial charge in [0.15, 0.2) is 5.78 Å². The normalized spacial score (nSPS) is 17.2. The van der Waals surface area contributed by atoms with Crippen molar-refractivity contribution in [1.82, 2.24) is 4.90 Å². The molecule has 0 aliphatic heterocycles. The molecule has 1 atom stereocenters. The molecule has 2 aromatic carbocycles. The number of carbonyl (C=O) groups excluding carboxylic acids is 1. The van der Waals surface area contributed by atoms with Crippen molar-refractivity contribution in [3.05, 3.63) is 99.8 Å². The Morgan fingerprint density at radius 1 is 1.11 bits per heavy atom. The Bertz CT molecular complexity index is 1320. The fourth-order valence-electron chi connectivity index (χ4n) is 4.52. The molecular formula is C30H33NO6. The van der Waals surface area contributed by atoms with Crippen LogP contribution in [0.4, 0.5) is 0 Å². The number of benzene rings is 2. The number of aryl methyl sites for hydroxylation is 2. The zero-order valence-electron chi connectivity index (χ0n) is 21.9. The van der Waals surface area contributed by atoms with E-state index in [1.807, 2.05) is 34.0 Å². The summed E-state index contributed by atoms with van der Waals surface area (Å²) in [6.07, 6.45) is 6.85. The number of aliphatic carboxylic acids is 2. The minimum absolute atomic E-state index is 0.0816. The van der Waals surface area contributed by atoms with E-state index >= 15 is 0 Å². The first-order valence-corrected chi connectivity index (χ1v) is 12.1. The smallest absolute Gasteiger partial charge is 0.331 e. The Labute approximate surface area is 217 Å². The van der Waals surface area contributed by atoms with Crippen LogP contribution in [0, 0.1) is 6.92 Å². The highest BCUT2D eigenvalue weighted by Gasteiger charge is 2.44. The third kappa shape index (κ3) is 5.82. The lowest BCUT2D eigenvalue weighted by molar-refractivity contribution is -0.142. The monoisotopic (exact) mass is 503 g/mol. The Morgan fingerprint density at radius 2 is 1.84 bits per heavy atom. The highest BCUT2D eigenvalue weighted by Crippen LogP contribution is 2.41. The zero-order chi connectivity index (χ0) is 27.3. The van der Waals surface area contributed by atoms with Gasteiger partial charge in [-0.25, -0.2) is 4.79 Å². The van der Waals surface area contributed by atoms with E-state index in [2.05, 4.69) is 0 Å². The van der Waals surface area contributed by atoms with Crippen LogP contribution in [0.1, 0.15) is 52.9 Å². The molecular weight excluding hydrogens is 470 g/mol. The lowest BCUT2D eigenvalue weighted by Crippen LogP contribution is -2.38. The third-order valence-corrected chi connectivity index (χ3v) is 6.68. The number of carbonyl (C=O) groups is 3.